The number of hydrogen-bond donors (Lipinski definition) is 2. The highest BCUT2D eigenvalue weighted by atomic mass is 79.9. The maximum absolute atomic E-state index is 12.5. The largest absolute Gasteiger partial charge is 0.493 e. The lowest BCUT2D eigenvalue weighted by Crippen LogP contribution is -2.36. The third kappa shape index (κ3) is 5.89. The monoisotopic (exact) mass is 517 g/mol. The van der Waals surface area contributed by atoms with Crippen molar-refractivity contribution in [3.63, 3.8) is 0 Å². The van der Waals surface area contributed by atoms with Crippen LogP contribution in [-0.2, 0) is 19.1 Å². The van der Waals surface area contributed by atoms with Crippen molar-refractivity contribution in [2.45, 2.75) is 0 Å². The van der Waals surface area contributed by atoms with Crippen LogP contribution >= 0.6 is 15.9 Å². The van der Waals surface area contributed by atoms with Gasteiger partial charge < -0.3 is 24.8 Å². The number of esters is 1. The Morgan fingerprint density at radius 2 is 1.85 bits per heavy atom. The number of anilines is 1. The van der Waals surface area contributed by atoms with E-state index in [0.29, 0.717) is 27.2 Å². The van der Waals surface area contributed by atoms with E-state index in [2.05, 4.69) is 31.3 Å². The van der Waals surface area contributed by atoms with Gasteiger partial charge in [-0.3, -0.25) is 14.4 Å². The first-order chi connectivity index (χ1) is 15.8. The summed E-state index contributed by atoms with van der Waals surface area (Å²) in [5.41, 5.74) is 1.12. The van der Waals surface area contributed by atoms with E-state index in [0.717, 1.165) is 12.0 Å². The molecule has 1 aliphatic rings. The molecule has 11 heteroatoms. The van der Waals surface area contributed by atoms with Crippen LogP contribution in [0.5, 0.6) is 11.5 Å². The van der Waals surface area contributed by atoms with Gasteiger partial charge in [0.05, 0.1) is 14.2 Å². The Labute approximate surface area is 197 Å². The summed E-state index contributed by atoms with van der Waals surface area (Å²) in [7, 11) is 2.59. The molecule has 0 spiro atoms. The van der Waals surface area contributed by atoms with Crippen LogP contribution in [0.3, 0.4) is 0 Å². The SMILES string of the molecule is COC(=O)CN1C(=O)N/C(=C/c2cc(OC)c(OCC(=O)Nc3ccccc3)cc2Br)C1=O. The van der Waals surface area contributed by atoms with E-state index in [1.54, 1.807) is 36.4 Å². The molecule has 0 radical (unpaired) electrons. The van der Waals surface area contributed by atoms with Gasteiger partial charge in [-0.05, 0) is 35.9 Å². The average Bonchev–Trinajstić information content (AvgIpc) is 3.06. The Bertz CT molecular complexity index is 1120. The predicted molar refractivity (Wildman–Crippen MR) is 121 cm³/mol. The normalized spacial score (nSPS) is 14.2. The molecule has 0 unspecified atom stereocenters. The molecule has 0 bridgehead atoms. The van der Waals surface area contributed by atoms with Crippen LogP contribution in [0.2, 0.25) is 0 Å². The first-order valence-electron chi connectivity index (χ1n) is 9.59. The minimum Gasteiger partial charge on any atom is -0.493 e. The first kappa shape index (κ1) is 23.8. The molecule has 172 valence electrons. The number of urea groups is 1. The zero-order chi connectivity index (χ0) is 24.0. The van der Waals surface area contributed by atoms with E-state index in [1.807, 2.05) is 6.07 Å². The van der Waals surface area contributed by atoms with Gasteiger partial charge in [0.15, 0.2) is 18.1 Å². The molecule has 0 atom stereocenters. The van der Waals surface area contributed by atoms with Crippen molar-refractivity contribution in [3.8, 4) is 11.5 Å². The minimum absolute atomic E-state index is 0.0254. The summed E-state index contributed by atoms with van der Waals surface area (Å²) >= 11 is 3.39. The van der Waals surface area contributed by atoms with Crippen molar-refractivity contribution >= 4 is 51.5 Å². The van der Waals surface area contributed by atoms with Gasteiger partial charge >= 0.3 is 12.0 Å². The molecule has 2 aromatic rings. The Morgan fingerprint density at radius 1 is 1.12 bits per heavy atom. The number of rotatable bonds is 8. The molecule has 0 saturated carbocycles. The number of imide groups is 1. The van der Waals surface area contributed by atoms with Crippen molar-refractivity contribution in [3.05, 3.63) is 58.2 Å². The number of amides is 4. The molecule has 2 aromatic carbocycles. The van der Waals surface area contributed by atoms with Crippen LogP contribution in [0.1, 0.15) is 5.56 Å². The molecule has 33 heavy (non-hydrogen) atoms. The number of benzene rings is 2. The van der Waals surface area contributed by atoms with Gasteiger partial charge in [-0.1, -0.05) is 34.1 Å². The molecule has 3 rings (SSSR count). The Balaban J connectivity index is 1.73. The fraction of sp³-hybridized carbons (Fsp3) is 0.182. The van der Waals surface area contributed by atoms with Crippen LogP contribution in [0.15, 0.2) is 52.6 Å². The zero-order valence-corrected chi connectivity index (χ0v) is 19.3. The lowest BCUT2D eigenvalue weighted by atomic mass is 10.1. The molecular weight excluding hydrogens is 498 g/mol. The topological polar surface area (TPSA) is 123 Å². The van der Waals surface area contributed by atoms with E-state index in [4.69, 9.17) is 9.47 Å². The Hall–Kier alpha value is -3.86. The van der Waals surface area contributed by atoms with Crippen LogP contribution in [0.25, 0.3) is 6.08 Å². The van der Waals surface area contributed by atoms with Crippen molar-refractivity contribution in [1.82, 2.24) is 10.2 Å². The highest BCUT2D eigenvalue weighted by Crippen LogP contribution is 2.35. The van der Waals surface area contributed by atoms with Crippen LogP contribution in [0.4, 0.5) is 10.5 Å². The summed E-state index contributed by atoms with van der Waals surface area (Å²) in [6.45, 7) is -0.754. The third-order valence-corrected chi connectivity index (χ3v) is 5.16. The number of methoxy groups -OCH3 is 2. The molecule has 1 fully saturated rings. The highest BCUT2D eigenvalue weighted by Gasteiger charge is 2.35. The zero-order valence-electron chi connectivity index (χ0n) is 17.7. The van der Waals surface area contributed by atoms with Gasteiger partial charge in [0.2, 0.25) is 0 Å². The van der Waals surface area contributed by atoms with Crippen molar-refractivity contribution < 1.29 is 33.4 Å². The van der Waals surface area contributed by atoms with Gasteiger partial charge in [0.25, 0.3) is 11.8 Å². The van der Waals surface area contributed by atoms with E-state index in [1.165, 1.54) is 13.2 Å². The first-order valence-corrected chi connectivity index (χ1v) is 10.4. The summed E-state index contributed by atoms with van der Waals surface area (Å²) in [6.07, 6.45) is 1.43. The second kappa shape index (κ2) is 10.6. The fourth-order valence-electron chi connectivity index (χ4n) is 2.86. The number of para-hydroxylation sites is 1. The van der Waals surface area contributed by atoms with Gasteiger partial charge in [-0.15, -0.1) is 0 Å². The second-order valence-electron chi connectivity index (χ2n) is 6.68. The van der Waals surface area contributed by atoms with Crippen molar-refractivity contribution in [2.75, 3.05) is 32.7 Å². The van der Waals surface area contributed by atoms with Crippen molar-refractivity contribution in [2.24, 2.45) is 0 Å². The van der Waals surface area contributed by atoms with Crippen LogP contribution in [0, 0.1) is 0 Å². The summed E-state index contributed by atoms with van der Waals surface area (Å²) in [5.74, 6) is -1.14. The molecule has 0 aliphatic carbocycles. The summed E-state index contributed by atoms with van der Waals surface area (Å²) < 4.78 is 16.0. The molecule has 10 nitrogen and oxygen atoms in total. The lowest BCUT2D eigenvalue weighted by molar-refractivity contribution is -0.143. The van der Waals surface area contributed by atoms with E-state index in [-0.39, 0.29) is 18.2 Å². The summed E-state index contributed by atoms with van der Waals surface area (Å²) in [4.78, 5) is 48.8. The maximum Gasteiger partial charge on any atom is 0.329 e. The molecular formula is C22H20BrN3O7. The second-order valence-corrected chi connectivity index (χ2v) is 7.54. The van der Waals surface area contributed by atoms with E-state index >= 15 is 0 Å². The molecule has 1 aliphatic heterocycles. The predicted octanol–water partition coefficient (Wildman–Crippen LogP) is 2.54. The highest BCUT2D eigenvalue weighted by molar-refractivity contribution is 9.10. The summed E-state index contributed by atoms with van der Waals surface area (Å²) in [6, 6.07) is 11.4. The number of ether oxygens (including phenoxy) is 3. The van der Waals surface area contributed by atoms with Crippen LogP contribution < -0.4 is 20.1 Å². The molecule has 0 aromatic heterocycles. The lowest BCUT2D eigenvalue weighted by Gasteiger charge is -2.13. The number of nitrogens with zero attached hydrogens (tertiary/aromatic N) is 1. The smallest absolute Gasteiger partial charge is 0.329 e. The molecule has 1 saturated heterocycles. The standard InChI is InChI=1S/C22H20BrN3O7/c1-31-17-9-13(8-16-21(29)26(22(30)25-16)11-20(28)32-2)15(23)10-18(17)33-12-19(27)24-14-6-4-3-5-7-14/h3-10H,11-12H2,1-2H3,(H,24,27)(H,25,30)/b16-8+. The quantitative estimate of drug-likeness (QED) is 0.313. The molecule has 4 amide bonds. The molecule has 1 heterocycles. The number of nitrogens with one attached hydrogen (secondary N) is 2. The average molecular weight is 518 g/mol. The van der Waals surface area contributed by atoms with E-state index in [9.17, 15) is 19.2 Å². The van der Waals surface area contributed by atoms with Crippen molar-refractivity contribution in [1.29, 1.82) is 0 Å². The number of carbonyl (C=O) groups excluding carboxylic acids is 4. The Kier molecular flexibility index (Phi) is 7.67. The van der Waals surface area contributed by atoms with Crippen LogP contribution in [-0.4, -0.2) is 56.1 Å². The summed E-state index contributed by atoms with van der Waals surface area (Å²) in [5, 5.41) is 5.13. The van der Waals surface area contributed by atoms with Gasteiger partial charge in [0.1, 0.15) is 12.2 Å². The third-order valence-electron chi connectivity index (χ3n) is 4.48. The van der Waals surface area contributed by atoms with Gasteiger partial charge in [-0.2, -0.15) is 0 Å². The molecule has 2 N–H and O–H groups in total. The number of halogens is 1. The van der Waals surface area contributed by atoms with Gasteiger partial charge in [-0.25, -0.2) is 9.69 Å². The number of carbonyl (C=O) groups is 4. The maximum atomic E-state index is 12.5. The number of hydrogen-bond acceptors (Lipinski definition) is 7. The van der Waals surface area contributed by atoms with Gasteiger partial charge in [0, 0.05) is 10.2 Å². The van der Waals surface area contributed by atoms with E-state index < -0.39 is 24.5 Å². The fourth-order valence-corrected chi connectivity index (χ4v) is 3.30. The minimum atomic E-state index is -0.732. The Morgan fingerprint density at radius 3 is 2.52 bits per heavy atom.